The minimum atomic E-state index is -0.696. The molecule has 0 N–H and O–H groups in total. The number of amides is 2. The van der Waals surface area contributed by atoms with Gasteiger partial charge in [-0.05, 0) is 73.4 Å². The first-order valence-electron chi connectivity index (χ1n) is 10.8. The Hall–Kier alpha value is -2.82. The van der Waals surface area contributed by atoms with Gasteiger partial charge in [-0.1, -0.05) is 66.4 Å². The number of halogens is 2. The standard InChI is InChI=1S/C26H24Cl2N2O2/c27-20-11-15-22(16-12-20)29-25(31)24(10-6-2-5-9-19-7-3-1-4-8-19)26(32)30(29)23-17-13-21(28)14-18-23/h1,3-4,7-8,11-18,24H,2,5-6,9-10H2. The number of hydrogen-bond acceptors (Lipinski definition) is 2. The third-order valence-electron chi connectivity index (χ3n) is 5.66. The van der Waals surface area contributed by atoms with E-state index in [-0.39, 0.29) is 11.8 Å². The Morgan fingerprint density at radius 1 is 0.625 bits per heavy atom. The molecule has 164 valence electrons. The van der Waals surface area contributed by atoms with E-state index in [0.29, 0.717) is 27.8 Å². The Balaban J connectivity index is 1.48. The van der Waals surface area contributed by atoms with Gasteiger partial charge < -0.3 is 0 Å². The van der Waals surface area contributed by atoms with Crippen LogP contribution in [-0.4, -0.2) is 11.8 Å². The quantitative estimate of drug-likeness (QED) is 0.273. The molecule has 0 aromatic heterocycles. The van der Waals surface area contributed by atoms with Crippen molar-refractivity contribution < 1.29 is 9.59 Å². The molecule has 1 aliphatic heterocycles. The highest BCUT2D eigenvalue weighted by molar-refractivity contribution is 6.31. The average Bonchev–Trinajstić information content (AvgIpc) is 3.05. The van der Waals surface area contributed by atoms with Crippen molar-refractivity contribution in [1.82, 2.24) is 0 Å². The SMILES string of the molecule is O=C1C(CCCCCc2ccccc2)C(=O)N(c2ccc(Cl)cc2)N1c1ccc(Cl)cc1. The van der Waals surface area contributed by atoms with Crippen molar-refractivity contribution in [1.29, 1.82) is 0 Å². The third-order valence-corrected chi connectivity index (χ3v) is 6.16. The molecule has 1 saturated heterocycles. The normalized spacial score (nSPS) is 14.4. The number of carbonyl (C=O) groups excluding carboxylic acids is 2. The lowest BCUT2D eigenvalue weighted by atomic mass is 9.99. The Bertz CT molecular complexity index is 1010. The van der Waals surface area contributed by atoms with Crippen molar-refractivity contribution in [2.75, 3.05) is 10.0 Å². The van der Waals surface area contributed by atoms with E-state index in [1.165, 1.54) is 15.6 Å². The van der Waals surface area contributed by atoms with Gasteiger partial charge >= 0.3 is 0 Å². The van der Waals surface area contributed by atoms with Crippen LogP contribution in [0.1, 0.15) is 31.2 Å². The van der Waals surface area contributed by atoms with Crippen LogP contribution in [0.3, 0.4) is 0 Å². The van der Waals surface area contributed by atoms with Gasteiger partial charge in [0.15, 0.2) is 0 Å². The molecule has 1 aliphatic rings. The first-order valence-corrected chi connectivity index (χ1v) is 11.5. The second-order valence-corrected chi connectivity index (χ2v) is 8.76. The highest BCUT2D eigenvalue weighted by Crippen LogP contribution is 2.34. The van der Waals surface area contributed by atoms with Gasteiger partial charge in [0, 0.05) is 10.0 Å². The monoisotopic (exact) mass is 466 g/mol. The zero-order valence-electron chi connectivity index (χ0n) is 17.6. The summed E-state index contributed by atoms with van der Waals surface area (Å²) in [5.74, 6) is -1.12. The number of aryl methyl sites for hydroxylation is 1. The van der Waals surface area contributed by atoms with E-state index >= 15 is 0 Å². The smallest absolute Gasteiger partial charge is 0.258 e. The summed E-state index contributed by atoms with van der Waals surface area (Å²) in [4.78, 5) is 26.7. The fourth-order valence-electron chi connectivity index (χ4n) is 3.99. The summed E-state index contributed by atoms with van der Waals surface area (Å²) in [6.07, 6.45) is 4.34. The number of rotatable bonds is 8. The van der Waals surface area contributed by atoms with Crippen LogP contribution in [0.25, 0.3) is 0 Å². The molecule has 0 aliphatic carbocycles. The van der Waals surface area contributed by atoms with E-state index in [2.05, 4.69) is 12.1 Å². The fraction of sp³-hybridized carbons (Fsp3) is 0.231. The number of unbranched alkanes of at least 4 members (excludes halogenated alkanes) is 2. The van der Waals surface area contributed by atoms with Crippen molar-refractivity contribution >= 4 is 46.4 Å². The van der Waals surface area contributed by atoms with Crippen molar-refractivity contribution in [3.05, 3.63) is 94.5 Å². The van der Waals surface area contributed by atoms with E-state index in [4.69, 9.17) is 23.2 Å². The summed E-state index contributed by atoms with van der Waals surface area (Å²) in [6.45, 7) is 0. The van der Waals surface area contributed by atoms with Gasteiger partial charge in [-0.25, -0.2) is 10.0 Å². The molecule has 4 nitrogen and oxygen atoms in total. The van der Waals surface area contributed by atoms with Crippen LogP contribution in [0.2, 0.25) is 10.0 Å². The lowest BCUT2D eigenvalue weighted by molar-refractivity contribution is -0.127. The number of carbonyl (C=O) groups is 2. The maximum Gasteiger partial charge on any atom is 0.258 e. The third kappa shape index (κ3) is 4.98. The summed E-state index contributed by atoms with van der Waals surface area (Å²) < 4.78 is 0. The van der Waals surface area contributed by atoms with Crippen LogP contribution >= 0.6 is 23.2 Å². The fourth-order valence-corrected chi connectivity index (χ4v) is 4.25. The molecule has 1 fully saturated rings. The molecule has 3 aromatic rings. The van der Waals surface area contributed by atoms with Gasteiger partial charge in [0.05, 0.1) is 11.4 Å². The predicted octanol–water partition coefficient (Wildman–Crippen LogP) is 6.71. The Morgan fingerprint density at radius 3 is 1.62 bits per heavy atom. The summed E-state index contributed by atoms with van der Waals surface area (Å²) >= 11 is 12.1. The maximum absolute atomic E-state index is 13.3. The van der Waals surface area contributed by atoms with Crippen molar-refractivity contribution in [3.63, 3.8) is 0 Å². The van der Waals surface area contributed by atoms with E-state index < -0.39 is 5.92 Å². The predicted molar refractivity (Wildman–Crippen MR) is 130 cm³/mol. The van der Waals surface area contributed by atoms with Gasteiger partial charge in [-0.2, -0.15) is 0 Å². The average molecular weight is 467 g/mol. The first kappa shape index (κ1) is 22.4. The molecule has 6 heteroatoms. The molecule has 0 spiro atoms. The maximum atomic E-state index is 13.3. The Kier molecular flexibility index (Phi) is 7.13. The zero-order valence-corrected chi connectivity index (χ0v) is 19.1. The topological polar surface area (TPSA) is 40.6 Å². The van der Waals surface area contributed by atoms with E-state index in [1.807, 2.05) is 18.2 Å². The van der Waals surface area contributed by atoms with Crippen LogP contribution in [0.15, 0.2) is 78.9 Å². The molecule has 4 rings (SSSR count). The second kappa shape index (κ2) is 10.2. The number of benzene rings is 3. The van der Waals surface area contributed by atoms with Crippen LogP contribution in [0.4, 0.5) is 11.4 Å². The van der Waals surface area contributed by atoms with Crippen molar-refractivity contribution in [2.45, 2.75) is 32.1 Å². The second-order valence-electron chi connectivity index (χ2n) is 7.89. The number of anilines is 2. The largest absolute Gasteiger partial charge is 0.272 e. The number of nitrogens with zero attached hydrogens (tertiary/aromatic N) is 2. The Labute approximate surface area is 198 Å². The molecular weight excluding hydrogens is 443 g/mol. The molecule has 0 radical (unpaired) electrons. The van der Waals surface area contributed by atoms with Crippen LogP contribution in [0, 0.1) is 5.92 Å². The first-order chi connectivity index (χ1) is 15.5. The molecule has 0 bridgehead atoms. The molecule has 0 atom stereocenters. The Morgan fingerprint density at radius 2 is 1.12 bits per heavy atom. The van der Waals surface area contributed by atoms with Gasteiger partial charge in [-0.15, -0.1) is 0 Å². The molecule has 1 heterocycles. The van der Waals surface area contributed by atoms with E-state index in [0.717, 1.165) is 25.7 Å². The van der Waals surface area contributed by atoms with Gasteiger partial charge in [-0.3, -0.25) is 9.59 Å². The van der Waals surface area contributed by atoms with E-state index in [1.54, 1.807) is 48.5 Å². The number of hydrogen-bond donors (Lipinski definition) is 0. The highest BCUT2D eigenvalue weighted by Gasteiger charge is 2.46. The highest BCUT2D eigenvalue weighted by atomic mass is 35.5. The minimum Gasteiger partial charge on any atom is -0.272 e. The molecular formula is C26H24Cl2N2O2. The summed E-state index contributed by atoms with van der Waals surface area (Å²) in [5, 5.41) is 4.05. The number of hydrazine groups is 1. The lowest BCUT2D eigenvalue weighted by Crippen LogP contribution is -2.41. The molecule has 0 saturated carbocycles. The van der Waals surface area contributed by atoms with Crippen molar-refractivity contribution in [2.24, 2.45) is 5.92 Å². The minimum absolute atomic E-state index is 0.213. The van der Waals surface area contributed by atoms with Crippen LogP contribution in [0.5, 0.6) is 0 Å². The molecule has 2 amide bonds. The summed E-state index contributed by atoms with van der Waals surface area (Å²) in [5.41, 5.74) is 2.52. The van der Waals surface area contributed by atoms with Crippen LogP contribution < -0.4 is 10.0 Å². The zero-order chi connectivity index (χ0) is 22.5. The van der Waals surface area contributed by atoms with Gasteiger partial charge in [0.2, 0.25) is 0 Å². The molecule has 32 heavy (non-hydrogen) atoms. The van der Waals surface area contributed by atoms with Gasteiger partial charge in [0.1, 0.15) is 5.92 Å². The van der Waals surface area contributed by atoms with Gasteiger partial charge in [0.25, 0.3) is 11.8 Å². The summed E-state index contributed by atoms with van der Waals surface area (Å²) in [6, 6.07) is 24.2. The molecule has 3 aromatic carbocycles. The van der Waals surface area contributed by atoms with Crippen molar-refractivity contribution in [3.8, 4) is 0 Å². The molecule has 0 unspecified atom stereocenters. The summed E-state index contributed by atoms with van der Waals surface area (Å²) in [7, 11) is 0. The van der Waals surface area contributed by atoms with Crippen LogP contribution in [-0.2, 0) is 16.0 Å². The lowest BCUT2D eigenvalue weighted by Gasteiger charge is -2.27. The van der Waals surface area contributed by atoms with E-state index in [9.17, 15) is 9.59 Å².